The van der Waals surface area contributed by atoms with E-state index in [1.54, 1.807) is 16.9 Å². The lowest BCUT2D eigenvalue weighted by molar-refractivity contribution is -0.135. The maximum Gasteiger partial charge on any atom is 0.350 e. The number of hydrogen-bond donors (Lipinski definition) is 0. The van der Waals surface area contributed by atoms with Gasteiger partial charge in [-0.3, -0.25) is 4.79 Å². The van der Waals surface area contributed by atoms with Gasteiger partial charge in [-0.25, -0.2) is 18.4 Å². The topological polar surface area (TPSA) is 86.1 Å². The van der Waals surface area contributed by atoms with Gasteiger partial charge in [0.1, 0.15) is 17.8 Å². The molecule has 0 aliphatic carbocycles. The third-order valence-electron chi connectivity index (χ3n) is 6.81. The molecule has 5 rings (SSSR count). The molecule has 9 nitrogen and oxygen atoms in total. The second-order valence-corrected chi connectivity index (χ2v) is 9.16. The van der Waals surface area contributed by atoms with Crippen LogP contribution >= 0.6 is 0 Å². The van der Waals surface area contributed by atoms with Gasteiger partial charge in [0.15, 0.2) is 5.65 Å². The fourth-order valence-electron chi connectivity index (χ4n) is 4.81. The summed E-state index contributed by atoms with van der Waals surface area (Å²) in [5.74, 6) is 0.788. The summed E-state index contributed by atoms with van der Waals surface area (Å²) in [5.41, 5.74) is 2.59. The number of piperidine rings is 1. The molecule has 0 radical (unpaired) electrons. The number of rotatable bonds is 8. The Kier molecular flexibility index (Phi) is 6.57. The van der Waals surface area contributed by atoms with Crippen LogP contribution in [-0.4, -0.2) is 53.8 Å². The van der Waals surface area contributed by atoms with Crippen LogP contribution < -0.4 is 10.4 Å². The lowest BCUT2D eigenvalue weighted by Crippen LogP contribution is -2.45. The molecule has 35 heavy (non-hydrogen) atoms. The monoisotopic (exact) mass is 476 g/mol. The molecule has 0 N–H and O–H groups in total. The molecule has 1 fully saturated rings. The van der Waals surface area contributed by atoms with E-state index in [4.69, 9.17) is 4.74 Å². The summed E-state index contributed by atoms with van der Waals surface area (Å²) in [6.45, 7) is 5.65. The van der Waals surface area contributed by atoms with E-state index in [0.717, 1.165) is 62.1 Å². The van der Waals surface area contributed by atoms with E-state index >= 15 is 0 Å². The van der Waals surface area contributed by atoms with Crippen LogP contribution in [0.1, 0.15) is 52.4 Å². The Morgan fingerprint density at radius 1 is 1.11 bits per heavy atom. The Bertz CT molecular complexity index is 1380. The minimum atomic E-state index is -0.322. The molecule has 4 aromatic rings. The van der Waals surface area contributed by atoms with E-state index in [-0.39, 0.29) is 24.2 Å². The molecule has 1 saturated heterocycles. The first-order valence-electron chi connectivity index (χ1n) is 12.6. The quantitative estimate of drug-likeness (QED) is 0.361. The normalized spacial score (nSPS) is 16.3. The van der Waals surface area contributed by atoms with E-state index in [9.17, 15) is 9.59 Å². The van der Waals surface area contributed by atoms with Crippen LogP contribution in [0.25, 0.3) is 22.4 Å². The molecule has 9 heteroatoms. The molecular weight excluding hydrogens is 444 g/mol. The summed E-state index contributed by atoms with van der Waals surface area (Å²) in [5, 5.41) is 9.20. The molecule has 1 amide bonds. The number of nitrogens with zero attached hydrogens (tertiary/aromatic N) is 6. The highest BCUT2D eigenvalue weighted by Gasteiger charge is 2.26. The Labute approximate surface area is 203 Å². The predicted molar refractivity (Wildman–Crippen MR) is 134 cm³/mol. The molecule has 0 saturated carbocycles. The van der Waals surface area contributed by atoms with Crippen molar-refractivity contribution in [3.63, 3.8) is 0 Å². The molecule has 1 aromatic carbocycles. The fourth-order valence-corrected chi connectivity index (χ4v) is 4.81. The van der Waals surface area contributed by atoms with Gasteiger partial charge in [-0.1, -0.05) is 20.3 Å². The van der Waals surface area contributed by atoms with Gasteiger partial charge in [0.05, 0.1) is 12.3 Å². The van der Waals surface area contributed by atoms with E-state index in [1.165, 1.54) is 9.08 Å². The van der Waals surface area contributed by atoms with Crippen LogP contribution in [0.2, 0.25) is 0 Å². The van der Waals surface area contributed by atoms with Crippen molar-refractivity contribution in [3.05, 3.63) is 53.2 Å². The number of unbranched alkanes of at least 4 members (excludes halogenated alkanes) is 1. The maximum atomic E-state index is 13.0. The summed E-state index contributed by atoms with van der Waals surface area (Å²) < 4.78 is 10.2. The first kappa shape index (κ1) is 23.1. The van der Waals surface area contributed by atoms with Crippen molar-refractivity contribution in [3.8, 4) is 17.0 Å². The standard InChI is InChI=1S/C26H32N6O3/c1-3-5-16-35-21-11-9-19(10-12-21)22-17-23-25-28-32(26(34)30(25)14-15-31(23)27-22)18-24(33)29-13-7-6-8-20(29)4-2/h9-12,14-15,17,20H,3-8,13,16,18H2,1-2H3/t20-/m0/s1. The number of carbonyl (C=O) groups is 1. The summed E-state index contributed by atoms with van der Waals surface area (Å²) in [7, 11) is 0. The van der Waals surface area contributed by atoms with Crippen LogP contribution in [0.3, 0.4) is 0 Å². The second-order valence-electron chi connectivity index (χ2n) is 9.16. The number of hydrogen-bond acceptors (Lipinski definition) is 5. The Hall–Kier alpha value is -3.62. The van der Waals surface area contributed by atoms with E-state index < -0.39 is 0 Å². The van der Waals surface area contributed by atoms with Gasteiger partial charge in [-0.15, -0.1) is 5.10 Å². The molecule has 0 bridgehead atoms. The first-order chi connectivity index (χ1) is 17.1. The van der Waals surface area contributed by atoms with Crippen molar-refractivity contribution in [2.75, 3.05) is 13.2 Å². The molecule has 1 aliphatic rings. The van der Waals surface area contributed by atoms with Gasteiger partial charge in [0.25, 0.3) is 0 Å². The second kappa shape index (κ2) is 9.93. The Morgan fingerprint density at radius 2 is 1.94 bits per heavy atom. The summed E-state index contributed by atoms with van der Waals surface area (Å²) in [6.07, 6.45) is 9.61. The van der Waals surface area contributed by atoms with Crippen molar-refractivity contribution in [1.82, 2.24) is 28.7 Å². The van der Waals surface area contributed by atoms with Crippen molar-refractivity contribution in [2.45, 2.75) is 65.0 Å². The van der Waals surface area contributed by atoms with Gasteiger partial charge in [0, 0.05) is 30.5 Å². The average Bonchev–Trinajstić information content (AvgIpc) is 3.46. The van der Waals surface area contributed by atoms with Gasteiger partial charge >= 0.3 is 5.69 Å². The SMILES string of the molecule is CCCCOc1ccc(-c2cc3c4nn(CC(=O)N5CCCC[C@@H]5CC)c(=O)n4ccn3n2)cc1. The zero-order valence-corrected chi connectivity index (χ0v) is 20.4. The zero-order valence-electron chi connectivity index (χ0n) is 20.4. The molecule has 1 aliphatic heterocycles. The zero-order chi connectivity index (χ0) is 24.4. The fraction of sp³-hybridized carbons (Fsp3) is 0.462. The number of fused-ring (bicyclic) bond motifs is 3. The lowest BCUT2D eigenvalue weighted by Gasteiger charge is -2.35. The largest absolute Gasteiger partial charge is 0.494 e. The van der Waals surface area contributed by atoms with Crippen molar-refractivity contribution < 1.29 is 9.53 Å². The average molecular weight is 477 g/mol. The van der Waals surface area contributed by atoms with E-state index in [0.29, 0.717) is 17.8 Å². The number of carbonyl (C=O) groups excluding carboxylic acids is 1. The number of aromatic nitrogens is 5. The number of amides is 1. The lowest BCUT2D eigenvalue weighted by atomic mass is 10.00. The van der Waals surface area contributed by atoms with Crippen molar-refractivity contribution >= 4 is 17.1 Å². The third-order valence-corrected chi connectivity index (χ3v) is 6.81. The minimum absolute atomic E-state index is 0.0477. The first-order valence-corrected chi connectivity index (χ1v) is 12.6. The van der Waals surface area contributed by atoms with Crippen LogP contribution in [0.4, 0.5) is 0 Å². The van der Waals surface area contributed by atoms with Crippen LogP contribution in [0.15, 0.2) is 47.5 Å². The number of likely N-dealkylation sites (tertiary alicyclic amines) is 1. The van der Waals surface area contributed by atoms with Crippen LogP contribution in [0, 0.1) is 0 Å². The molecule has 0 unspecified atom stereocenters. The van der Waals surface area contributed by atoms with Gasteiger partial charge in [-0.05, 0) is 62.4 Å². The molecular formula is C26H32N6O3. The Morgan fingerprint density at radius 3 is 2.71 bits per heavy atom. The molecule has 0 spiro atoms. The summed E-state index contributed by atoms with van der Waals surface area (Å²) in [4.78, 5) is 27.9. The van der Waals surface area contributed by atoms with Gasteiger partial charge in [0.2, 0.25) is 5.91 Å². The summed E-state index contributed by atoms with van der Waals surface area (Å²) in [6, 6.07) is 10.0. The van der Waals surface area contributed by atoms with Gasteiger partial charge < -0.3 is 9.64 Å². The number of benzene rings is 1. The smallest absolute Gasteiger partial charge is 0.350 e. The highest BCUT2D eigenvalue weighted by molar-refractivity contribution is 5.78. The molecule has 3 aromatic heterocycles. The molecule has 184 valence electrons. The van der Waals surface area contributed by atoms with Gasteiger partial charge in [-0.2, -0.15) is 5.10 Å². The minimum Gasteiger partial charge on any atom is -0.494 e. The number of ether oxygens (including phenoxy) is 1. The Balaban J connectivity index is 1.41. The van der Waals surface area contributed by atoms with Crippen molar-refractivity contribution in [1.29, 1.82) is 0 Å². The maximum absolute atomic E-state index is 13.0. The van der Waals surface area contributed by atoms with E-state index in [1.807, 2.05) is 35.2 Å². The third kappa shape index (κ3) is 4.54. The highest BCUT2D eigenvalue weighted by Crippen LogP contribution is 2.24. The van der Waals surface area contributed by atoms with E-state index in [2.05, 4.69) is 24.0 Å². The van der Waals surface area contributed by atoms with Crippen LogP contribution in [0.5, 0.6) is 5.75 Å². The molecule has 4 heterocycles. The highest BCUT2D eigenvalue weighted by atomic mass is 16.5. The predicted octanol–water partition coefficient (Wildman–Crippen LogP) is 3.78. The summed E-state index contributed by atoms with van der Waals surface area (Å²) >= 11 is 0. The molecule has 1 atom stereocenters. The van der Waals surface area contributed by atoms with Crippen molar-refractivity contribution in [2.24, 2.45) is 0 Å². The van der Waals surface area contributed by atoms with Crippen LogP contribution in [-0.2, 0) is 11.3 Å².